The maximum Gasteiger partial charge on any atom is 0.0281 e. The Morgan fingerprint density at radius 1 is 1.26 bits per heavy atom. The molecule has 0 atom stereocenters. The van der Waals surface area contributed by atoms with Crippen LogP contribution in [0, 0.1) is 0 Å². The van der Waals surface area contributed by atoms with Gasteiger partial charge < -0.3 is 5.32 Å². The zero-order chi connectivity index (χ0) is 13.3. The summed E-state index contributed by atoms with van der Waals surface area (Å²) in [5, 5.41) is 3.79. The van der Waals surface area contributed by atoms with Crippen LogP contribution in [-0.2, 0) is 0 Å². The van der Waals surface area contributed by atoms with Crippen molar-refractivity contribution in [1.82, 2.24) is 5.32 Å². The lowest BCUT2D eigenvalue weighted by molar-refractivity contribution is 0.256. The molecule has 1 nitrogen and oxygen atoms in total. The highest BCUT2D eigenvalue weighted by Gasteiger charge is 2.38. The van der Waals surface area contributed by atoms with E-state index in [2.05, 4.69) is 63.5 Å². The SMILES string of the molecule is CSC1(CNC2CC(c3ccc(Br)cc3)C2)CCC1. The van der Waals surface area contributed by atoms with Crippen molar-refractivity contribution < 1.29 is 0 Å². The molecular formula is C16H22BrNS. The Hall–Kier alpha value is 0.01000. The number of thioether (sulfide) groups is 1. The molecule has 104 valence electrons. The number of nitrogens with one attached hydrogen (secondary N) is 1. The topological polar surface area (TPSA) is 12.0 Å². The van der Waals surface area contributed by atoms with Gasteiger partial charge in [0.2, 0.25) is 0 Å². The molecule has 0 aromatic heterocycles. The standard InChI is InChI=1S/C16H22BrNS/c1-19-16(7-2-8-16)11-18-15-9-13(10-15)12-3-5-14(17)6-4-12/h3-6,13,15,18H,2,7-11H2,1H3. The summed E-state index contributed by atoms with van der Waals surface area (Å²) in [6, 6.07) is 9.60. The van der Waals surface area contributed by atoms with Gasteiger partial charge in [-0.3, -0.25) is 0 Å². The highest BCUT2D eigenvalue weighted by Crippen LogP contribution is 2.43. The molecule has 0 aliphatic heterocycles. The van der Waals surface area contributed by atoms with Crippen LogP contribution in [0.1, 0.15) is 43.6 Å². The van der Waals surface area contributed by atoms with Gasteiger partial charge in [-0.05, 0) is 55.6 Å². The lowest BCUT2D eigenvalue weighted by atomic mass is 9.75. The van der Waals surface area contributed by atoms with Crippen LogP contribution in [0.25, 0.3) is 0 Å². The fraction of sp³-hybridized carbons (Fsp3) is 0.625. The summed E-state index contributed by atoms with van der Waals surface area (Å²) >= 11 is 5.57. The molecule has 3 heteroatoms. The van der Waals surface area contributed by atoms with Crippen molar-refractivity contribution in [3.05, 3.63) is 34.3 Å². The minimum atomic E-state index is 0.572. The second-order valence-electron chi connectivity index (χ2n) is 6.04. The van der Waals surface area contributed by atoms with Gasteiger partial charge in [0.05, 0.1) is 0 Å². The van der Waals surface area contributed by atoms with Crippen LogP contribution < -0.4 is 5.32 Å². The van der Waals surface area contributed by atoms with Gasteiger partial charge in [-0.25, -0.2) is 0 Å². The lowest BCUT2D eigenvalue weighted by Gasteiger charge is -2.44. The minimum Gasteiger partial charge on any atom is -0.313 e. The van der Waals surface area contributed by atoms with E-state index >= 15 is 0 Å². The zero-order valence-electron chi connectivity index (χ0n) is 11.5. The maximum atomic E-state index is 3.79. The van der Waals surface area contributed by atoms with Crippen LogP contribution in [-0.4, -0.2) is 23.6 Å². The number of hydrogen-bond acceptors (Lipinski definition) is 2. The molecule has 1 N–H and O–H groups in total. The van der Waals surface area contributed by atoms with E-state index in [0.717, 1.165) is 12.0 Å². The van der Waals surface area contributed by atoms with Gasteiger partial charge in [0.1, 0.15) is 0 Å². The Bertz CT molecular complexity index is 415. The number of hydrogen-bond donors (Lipinski definition) is 1. The Kier molecular flexibility index (Phi) is 4.25. The monoisotopic (exact) mass is 339 g/mol. The van der Waals surface area contributed by atoms with Crippen molar-refractivity contribution >= 4 is 27.7 Å². The molecular weight excluding hydrogens is 318 g/mol. The van der Waals surface area contributed by atoms with E-state index in [1.165, 1.54) is 48.7 Å². The first kappa shape index (κ1) is 14.0. The summed E-state index contributed by atoms with van der Waals surface area (Å²) in [4.78, 5) is 0. The summed E-state index contributed by atoms with van der Waals surface area (Å²) in [7, 11) is 0. The highest BCUT2D eigenvalue weighted by molar-refractivity contribution is 9.10. The molecule has 3 rings (SSSR count). The fourth-order valence-corrected chi connectivity index (χ4v) is 4.34. The van der Waals surface area contributed by atoms with Crippen molar-refractivity contribution in [2.24, 2.45) is 0 Å². The first-order valence-electron chi connectivity index (χ1n) is 7.25. The molecule has 0 heterocycles. The number of benzene rings is 1. The lowest BCUT2D eigenvalue weighted by Crippen LogP contribution is -2.49. The van der Waals surface area contributed by atoms with E-state index in [0.29, 0.717) is 4.75 Å². The summed E-state index contributed by atoms with van der Waals surface area (Å²) < 4.78 is 1.75. The molecule has 0 saturated heterocycles. The summed E-state index contributed by atoms with van der Waals surface area (Å²) in [5.41, 5.74) is 1.50. The molecule has 0 radical (unpaired) electrons. The van der Waals surface area contributed by atoms with Crippen molar-refractivity contribution in [2.75, 3.05) is 12.8 Å². The Labute approximate surface area is 129 Å². The summed E-state index contributed by atoms with van der Waals surface area (Å²) in [5.74, 6) is 0.775. The largest absolute Gasteiger partial charge is 0.313 e. The van der Waals surface area contributed by atoms with Gasteiger partial charge in [-0.1, -0.05) is 34.5 Å². The van der Waals surface area contributed by atoms with Crippen LogP contribution in [0.15, 0.2) is 28.7 Å². The van der Waals surface area contributed by atoms with Crippen LogP contribution >= 0.6 is 27.7 Å². The van der Waals surface area contributed by atoms with E-state index in [1.54, 1.807) is 0 Å². The molecule has 19 heavy (non-hydrogen) atoms. The third-order valence-electron chi connectivity index (χ3n) is 4.89. The maximum absolute atomic E-state index is 3.79. The molecule has 0 unspecified atom stereocenters. The van der Waals surface area contributed by atoms with E-state index in [-0.39, 0.29) is 0 Å². The highest BCUT2D eigenvalue weighted by atomic mass is 79.9. The van der Waals surface area contributed by atoms with Crippen LogP contribution in [0.4, 0.5) is 0 Å². The van der Waals surface area contributed by atoms with Gasteiger partial charge in [0.25, 0.3) is 0 Å². The van der Waals surface area contributed by atoms with Crippen LogP contribution in [0.3, 0.4) is 0 Å². The second-order valence-corrected chi connectivity index (χ2v) is 8.23. The Morgan fingerprint density at radius 3 is 2.47 bits per heavy atom. The molecule has 2 aliphatic rings. The van der Waals surface area contributed by atoms with E-state index < -0.39 is 0 Å². The number of rotatable bonds is 5. The predicted octanol–water partition coefficient (Wildman–Crippen LogP) is 4.57. The third kappa shape index (κ3) is 3.03. The van der Waals surface area contributed by atoms with Gasteiger partial charge in [0.15, 0.2) is 0 Å². The van der Waals surface area contributed by atoms with E-state index in [9.17, 15) is 0 Å². The molecule has 1 aromatic rings. The third-order valence-corrected chi connectivity index (χ3v) is 6.84. The fourth-order valence-electron chi connectivity index (χ4n) is 3.15. The molecule has 2 aliphatic carbocycles. The molecule has 2 saturated carbocycles. The van der Waals surface area contributed by atoms with E-state index in [1.807, 2.05) is 0 Å². The van der Waals surface area contributed by atoms with Gasteiger partial charge in [-0.15, -0.1) is 0 Å². The molecule has 0 bridgehead atoms. The van der Waals surface area contributed by atoms with Crippen molar-refractivity contribution in [2.45, 2.75) is 48.8 Å². The molecule has 2 fully saturated rings. The van der Waals surface area contributed by atoms with Crippen molar-refractivity contribution in [1.29, 1.82) is 0 Å². The Morgan fingerprint density at radius 2 is 1.95 bits per heavy atom. The quantitative estimate of drug-likeness (QED) is 0.843. The average Bonchev–Trinajstić information content (AvgIpc) is 2.32. The van der Waals surface area contributed by atoms with Crippen LogP contribution in [0.2, 0.25) is 0 Å². The Balaban J connectivity index is 1.44. The molecule has 1 aromatic carbocycles. The van der Waals surface area contributed by atoms with Gasteiger partial charge in [0, 0.05) is 21.8 Å². The van der Waals surface area contributed by atoms with Crippen LogP contribution in [0.5, 0.6) is 0 Å². The van der Waals surface area contributed by atoms with Crippen molar-refractivity contribution in [3.8, 4) is 0 Å². The van der Waals surface area contributed by atoms with Gasteiger partial charge >= 0.3 is 0 Å². The first-order chi connectivity index (χ1) is 9.21. The smallest absolute Gasteiger partial charge is 0.0281 e. The van der Waals surface area contributed by atoms with Crippen molar-refractivity contribution in [3.63, 3.8) is 0 Å². The molecule has 0 amide bonds. The van der Waals surface area contributed by atoms with Gasteiger partial charge in [-0.2, -0.15) is 11.8 Å². The number of halogens is 1. The summed E-state index contributed by atoms with van der Waals surface area (Å²) in [6.07, 6.45) is 9.13. The summed E-state index contributed by atoms with van der Waals surface area (Å²) in [6.45, 7) is 1.21. The normalized spacial score (nSPS) is 28.5. The predicted molar refractivity (Wildman–Crippen MR) is 88.0 cm³/mol. The molecule has 0 spiro atoms. The first-order valence-corrected chi connectivity index (χ1v) is 9.27. The average molecular weight is 340 g/mol. The minimum absolute atomic E-state index is 0.572. The second kappa shape index (κ2) is 5.79. The zero-order valence-corrected chi connectivity index (χ0v) is 13.9. The van der Waals surface area contributed by atoms with E-state index in [4.69, 9.17) is 0 Å².